The van der Waals surface area contributed by atoms with Gasteiger partial charge in [0.15, 0.2) is 0 Å². The molecule has 0 aliphatic rings. The average molecular weight is 387 g/mol. The normalized spacial score (nSPS) is 12.6. The van der Waals surface area contributed by atoms with E-state index in [2.05, 4.69) is 0 Å². The van der Waals surface area contributed by atoms with Crippen LogP contribution in [0.4, 0.5) is 14.5 Å². The number of aromatic nitrogens is 1. The first kappa shape index (κ1) is 19.3. The summed E-state index contributed by atoms with van der Waals surface area (Å²) in [5.74, 6) is -0.0992. The van der Waals surface area contributed by atoms with Gasteiger partial charge in [-0.2, -0.15) is 0 Å². The van der Waals surface area contributed by atoms with Crippen molar-refractivity contribution < 1.29 is 8.78 Å². The number of nitrogens with two attached hydrogens (primary N) is 2. The average Bonchev–Trinajstić information content (AvgIpc) is 2.98. The Labute approximate surface area is 163 Å². The van der Waals surface area contributed by atoms with Crippen molar-refractivity contribution >= 4 is 33.8 Å². The van der Waals surface area contributed by atoms with Crippen molar-refractivity contribution in [2.75, 3.05) is 5.73 Å². The number of alkyl halides is 2. The molecule has 6 heteroatoms. The van der Waals surface area contributed by atoms with Crippen LogP contribution in [-0.2, 0) is 6.54 Å². The molecule has 1 heterocycles. The van der Waals surface area contributed by atoms with Crippen molar-refractivity contribution in [1.82, 2.24) is 4.57 Å². The Kier molecular flexibility index (Phi) is 5.75. The van der Waals surface area contributed by atoms with Crippen LogP contribution in [0.5, 0.6) is 0 Å². The molecule has 27 heavy (non-hydrogen) atoms. The third-order valence-corrected chi connectivity index (χ3v) is 5.14. The van der Waals surface area contributed by atoms with E-state index >= 15 is 0 Å². The van der Waals surface area contributed by atoms with E-state index in [0.29, 0.717) is 23.6 Å². The molecule has 1 aromatic heterocycles. The maximum absolute atomic E-state index is 12.9. The van der Waals surface area contributed by atoms with Crippen LogP contribution in [0.15, 0.2) is 48.7 Å². The fourth-order valence-corrected chi connectivity index (χ4v) is 3.56. The topological polar surface area (TPSA) is 57.0 Å². The summed E-state index contributed by atoms with van der Waals surface area (Å²) in [6.07, 6.45) is 0.295. The lowest BCUT2D eigenvalue weighted by Gasteiger charge is -2.16. The Hall–Kier alpha value is -2.47. The molecule has 1 unspecified atom stereocenters. The van der Waals surface area contributed by atoms with Gasteiger partial charge in [-0.25, -0.2) is 8.78 Å². The number of rotatable bonds is 7. The van der Waals surface area contributed by atoms with Gasteiger partial charge < -0.3 is 16.0 Å². The summed E-state index contributed by atoms with van der Waals surface area (Å²) in [7, 11) is 0. The summed E-state index contributed by atoms with van der Waals surface area (Å²) in [6.45, 7) is 2.47. The molecule has 3 aromatic rings. The second-order valence-electron chi connectivity index (χ2n) is 6.82. The molecule has 0 aliphatic carbocycles. The zero-order valence-electron chi connectivity index (χ0n) is 15.2. The summed E-state index contributed by atoms with van der Waals surface area (Å²) in [4.78, 5) is 0.341. The first-order valence-electron chi connectivity index (χ1n) is 8.95. The maximum Gasteiger partial charge on any atom is 0.239 e. The zero-order chi connectivity index (χ0) is 19.6. The van der Waals surface area contributed by atoms with E-state index in [-0.39, 0.29) is 12.3 Å². The smallest absolute Gasteiger partial charge is 0.239 e. The minimum atomic E-state index is -2.30. The molecule has 4 N–H and O–H groups in total. The summed E-state index contributed by atoms with van der Waals surface area (Å²) in [6, 6.07) is 13.4. The van der Waals surface area contributed by atoms with Gasteiger partial charge in [-0.15, -0.1) is 0 Å². The molecule has 0 spiro atoms. The first-order chi connectivity index (χ1) is 12.9. The van der Waals surface area contributed by atoms with Crippen LogP contribution in [0.25, 0.3) is 22.0 Å². The molecule has 1 atom stereocenters. The molecule has 0 saturated carbocycles. The molecular formula is C21H23F2N3S. The fraction of sp³-hybridized carbons (Fsp3) is 0.286. The minimum Gasteiger partial charge on any atom is -0.399 e. The summed E-state index contributed by atoms with van der Waals surface area (Å²) in [5.41, 5.74) is 16.1. The third kappa shape index (κ3) is 4.27. The Balaban J connectivity index is 2.09. The van der Waals surface area contributed by atoms with Crippen LogP contribution >= 0.6 is 12.2 Å². The largest absolute Gasteiger partial charge is 0.399 e. The lowest BCUT2D eigenvalue weighted by atomic mass is 10.0. The molecule has 0 bridgehead atoms. The van der Waals surface area contributed by atoms with Gasteiger partial charge in [0.2, 0.25) is 6.43 Å². The molecule has 142 valence electrons. The van der Waals surface area contributed by atoms with Crippen LogP contribution in [-0.4, -0.2) is 16.0 Å². The van der Waals surface area contributed by atoms with Gasteiger partial charge in [-0.05, 0) is 29.7 Å². The number of hydrogen-bond donors (Lipinski definition) is 2. The van der Waals surface area contributed by atoms with Gasteiger partial charge in [-0.1, -0.05) is 49.8 Å². The minimum absolute atomic E-state index is 0.0992. The van der Waals surface area contributed by atoms with Gasteiger partial charge in [0.05, 0.1) is 5.52 Å². The quantitative estimate of drug-likeness (QED) is 0.432. The van der Waals surface area contributed by atoms with E-state index in [0.717, 1.165) is 27.6 Å². The fourth-order valence-electron chi connectivity index (χ4n) is 3.43. The molecule has 0 radical (unpaired) electrons. The van der Waals surface area contributed by atoms with Crippen LogP contribution in [0.2, 0.25) is 0 Å². The van der Waals surface area contributed by atoms with E-state index in [9.17, 15) is 8.78 Å². The van der Waals surface area contributed by atoms with E-state index in [1.54, 1.807) is 0 Å². The molecule has 0 amide bonds. The first-order valence-corrected chi connectivity index (χ1v) is 9.36. The maximum atomic E-state index is 12.9. The standard InChI is InChI=1S/C21H23F2N3S/c1-2-13(8-20(22)23)11-26-12-18(17-7-6-16(24)10-19(17)26)14-4-3-5-15(9-14)21(25)27/h3-7,9-10,12-13,20H,2,8,11,24H2,1H3,(H2,25,27). The van der Waals surface area contributed by atoms with Crippen molar-refractivity contribution in [2.24, 2.45) is 11.7 Å². The van der Waals surface area contributed by atoms with Crippen molar-refractivity contribution in [3.63, 3.8) is 0 Å². The van der Waals surface area contributed by atoms with Crippen molar-refractivity contribution in [3.05, 3.63) is 54.2 Å². The van der Waals surface area contributed by atoms with Crippen molar-refractivity contribution in [2.45, 2.75) is 32.7 Å². The molecule has 0 saturated heterocycles. The third-order valence-electron chi connectivity index (χ3n) is 4.91. The van der Waals surface area contributed by atoms with Crippen molar-refractivity contribution in [3.8, 4) is 11.1 Å². The highest BCUT2D eigenvalue weighted by Crippen LogP contribution is 2.33. The van der Waals surface area contributed by atoms with Gasteiger partial charge in [0, 0.05) is 41.4 Å². The predicted octanol–water partition coefficient (Wildman–Crippen LogP) is 5.21. The van der Waals surface area contributed by atoms with E-state index in [1.165, 1.54) is 0 Å². The highest BCUT2D eigenvalue weighted by molar-refractivity contribution is 7.80. The van der Waals surface area contributed by atoms with Gasteiger partial charge in [0.25, 0.3) is 0 Å². The highest BCUT2D eigenvalue weighted by atomic mass is 32.1. The Bertz CT molecular complexity index is 965. The zero-order valence-corrected chi connectivity index (χ0v) is 16.0. The summed E-state index contributed by atoms with van der Waals surface area (Å²) < 4.78 is 27.8. The Morgan fingerprint density at radius 2 is 1.96 bits per heavy atom. The molecular weight excluding hydrogens is 364 g/mol. The van der Waals surface area contributed by atoms with Gasteiger partial charge >= 0.3 is 0 Å². The number of nitrogens with zero attached hydrogens (tertiary/aromatic N) is 1. The van der Waals surface area contributed by atoms with Gasteiger partial charge in [0.1, 0.15) is 4.99 Å². The lowest BCUT2D eigenvalue weighted by molar-refractivity contribution is 0.109. The van der Waals surface area contributed by atoms with Crippen LogP contribution < -0.4 is 11.5 Å². The number of benzene rings is 2. The summed E-state index contributed by atoms with van der Waals surface area (Å²) >= 11 is 5.09. The Morgan fingerprint density at radius 3 is 2.63 bits per heavy atom. The Morgan fingerprint density at radius 1 is 1.19 bits per heavy atom. The molecule has 3 rings (SSSR count). The molecule has 0 aliphatic heterocycles. The number of anilines is 1. The van der Waals surface area contributed by atoms with E-state index < -0.39 is 6.43 Å². The summed E-state index contributed by atoms with van der Waals surface area (Å²) in [5, 5.41) is 1.02. The SMILES string of the molecule is CCC(CC(F)F)Cn1cc(-c2cccc(C(N)=S)c2)c2ccc(N)cc21. The number of halogens is 2. The highest BCUT2D eigenvalue weighted by Gasteiger charge is 2.17. The van der Waals surface area contributed by atoms with Gasteiger partial charge in [-0.3, -0.25) is 0 Å². The lowest BCUT2D eigenvalue weighted by Crippen LogP contribution is -2.12. The van der Waals surface area contributed by atoms with Crippen molar-refractivity contribution in [1.29, 1.82) is 0 Å². The monoisotopic (exact) mass is 387 g/mol. The number of hydrogen-bond acceptors (Lipinski definition) is 2. The van der Waals surface area contributed by atoms with E-state index in [1.807, 2.05) is 60.2 Å². The number of nitrogen functional groups attached to an aromatic ring is 1. The van der Waals surface area contributed by atoms with Crippen LogP contribution in [0.3, 0.4) is 0 Å². The second kappa shape index (κ2) is 8.05. The van der Waals surface area contributed by atoms with Crippen LogP contribution in [0.1, 0.15) is 25.3 Å². The molecule has 3 nitrogen and oxygen atoms in total. The molecule has 0 fully saturated rings. The second-order valence-corrected chi connectivity index (χ2v) is 7.26. The van der Waals surface area contributed by atoms with Crippen LogP contribution in [0, 0.1) is 5.92 Å². The number of thiocarbonyl (C=S) groups is 1. The van der Waals surface area contributed by atoms with E-state index in [4.69, 9.17) is 23.7 Å². The predicted molar refractivity (Wildman–Crippen MR) is 112 cm³/mol. The molecule has 2 aromatic carbocycles. The number of fused-ring (bicyclic) bond motifs is 1.